The molecular weight excluding hydrogens is 246 g/mol. The van der Waals surface area contributed by atoms with Crippen LogP contribution in [0.2, 0.25) is 0 Å². The van der Waals surface area contributed by atoms with E-state index in [0.717, 1.165) is 25.7 Å². The molecule has 1 rings (SSSR count). The molecule has 1 saturated carbocycles. The average molecular weight is 269 g/mol. The van der Waals surface area contributed by atoms with Crippen LogP contribution >= 0.6 is 0 Å². The van der Waals surface area contributed by atoms with Crippen LogP contribution in [-0.4, -0.2) is 29.8 Å². The first kappa shape index (κ1) is 15.5. The van der Waals surface area contributed by atoms with Crippen LogP contribution in [0.3, 0.4) is 0 Å². The van der Waals surface area contributed by atoms with E-state index in [1.807, 2.05) is 0 Å². The Morgan fingerprint density at radius 2 is 1.95 bits per heavy atom. The van der Waals surface area contributed by atoms with Gasteiger partial charge in [-0.05, 0) is 12.3 Å². The van der Waals surface area contributed by atoms with Crippen LogP contribution in [0.5, 0.6) is 0 Å². The van der Waals surface area contributed by atoms with Gasteiger partial charge in [-0.25, -0.2) is 9.59 Å². The van der Waals surface area contributed by atoms with Gasteiger partial charge in [0, 0.05) is 0 Å². The molecule has 0 radical (unpaired) electrons. The summed E-state index contributed by atoms with van der Waals surface area (Å²) in [5.41, 5.74) is 0. The SMILES string of the molecule is C=CCOC(=O)N[C@@H](CC1CCCCCC1)C(=O)O. The molecule has 0 aromatic carbocycles. The topological polar surface area (TPSA) is 75.6 Å². The van der Waals surface area contributed by atoms with Gasteiger partial charge in [-0.2, -0.15) is 0 Å². The maximum absolute atomic E-state index is 11.4. The molecule has 0 spiro atoms. The molecule has 0 unspecified atom stereocenters. The molecule has 5 nitrogen and oxygen atoms in total. The predicted octanol–water partition coefficient (Wildman–Crippen LogP) is 2.71. The number of hydrogen-bond acceptors (Lipinski definition) is 3. The lowest BCUT2D eigenvalue weighted by Crippen LogP contribution is -2.42. The van der Waals surface area contributed by atoms with Gasteiger partial charge in [0.05, 0.1) is 0 Å². The Labute approximate surface area is 114 Å². The van der Waals surface area contributed by atoms with E-state index in [-0.39, 0.29) is 6.61 Å². The number of carboxylic acids is 1. The summed E-state index contributed by atoms with van der Waals surface area (Å²) in [4.78, 5) is 22.6. The van der Waals surface area contributed by atoms with Gasteiger partial charge in [-0.1, -0.05) is 51.2 Å². The van der Waals surface area contributed by atoms with Crippen molar-refractivity contribution in [2.75, 3.05) is 6.61 Å². The molecule has 1 fully saturated rings. The third-order valence-corrected chi connectivity index (χ3v) is 3.47. The van der Waals surface area contributed by atoms with Gasteiger partial charge >= 0.3 is 12.1 Å². The minimum absolute atomic E-state index is 0.0849. The van der Waals surface area contributed by atoms with E-state index in [1.54, 1.807) is 0 Å². The minimum atomic E-state index is -1.00. The van der Waals surface area contributed by atoms with Gasteiger partial charge in [0.15, 0.2) is 0 Å². The second-order valence-electron chi connectivity index (χ2n) is 5.02. The van der Waals surface area contributed by atoms with Crippen LogP contribution in [0.15, 0.2) is 12.7 Å². The summed E-state index contributed by atoms with van der Waals surface area (Å²) in [5, 5.41) is 11.6. The molecule has 1 atom stereocenters. The van der Waals surface area contributed by atoms with Gasteiger partial charge < -0.3 is 15.2 Å². The van der Waals surface area contributed by atoms with E-state index in [1.165, 1.54) is 18.9 Å². The second kappa shape index (κ2) is 8.56. The number of alkyl carbamates (subject to hydrolysis) is 1. The highest BCUT2D eigenvalue weighted by molar-refractivity contribution is 5.79. The second-order valence-corrected chi connectivity index (χ2v) is 5.02. The highest BCUT2D eigenvalue weighted by Gasteiger charge is 2.25. The molecular formula is C14H23NO4. The summed E-state index contributed by atoms with van der Waals surface area (Å²) in [6, 6.07) is -0.861. The Morgan fingerprint density at radius 1 is 1.32 bits per heavy atom. The molecule has 1 aliphatic rings. The molecule has 0 aromatic heterocycles. The zero-order valence-electron chi connectivity index (χ0n) is 11.3. The number of carboxylic acid groups (broad SMARTS) is 1. The molecule has 0 heterocycles. The summed E-state index contributed by atoms with van der Waals surface area (Å²) in [6.45, 7) is 3.51. The van der Waals surface area contributed by atoms with Crippen molar-refractivity contribution in [3.8, 4) is 0 Å². The van der Waals surface area contributed by atoms with Crippen molar-refractivity contribution < 1.29 is 19.4 Å². The van der Waals surface area contributed by atoms with Gasteiger partial charge in [0.2, 0.25) is 0 Å². The first-order valence-corrected chi connectivity index (χ1v) is 6.90. The molecule has 108 valence electrons. The van der Waals surface area contributed by atoms with Crippen molar-refractivity contribution in [3.05, 3.63) is 12.7 Å². The van der Waals surface area contributed by atoms with E-state index >= 15 is 0 Å². The van der Waals surface area contributed by atoms with E-state index in [0.29, 0.717) is 12.3 Å². The first-order valence-electron chi connectivity index (χ1n) is 6.90. The largest absolute Gasteiger partial charge is 0.480 e. The Hall–Kier alpha value is -1.52. The van der Waals surface area contributed by atoms with Gasteiger partial charge in [0.1, 0.15) is 12.6 Å². The Balaban J connectivity index is 2.44. The van der Waals surface area contributed by atoms with E-state index < -0.39 is 18.1 Å². The summed E-state index contributed by atoms with van der Waals surface area (Å²) >= 11 is 0. The number of nitrogens with one attached hydrogen (secondary N) is 1. The monoisotopic (exact) mass is 269 g/mol. The van der Waals surface area contributed by atoms with E-state index in [4.69, 9.17) is 9.84 Å². The van der Waals surface area contributed by atoms with Crippen LogP contribution in [0, 0.1) is 5.92 Å². The maximum Gasteiger partial charge on any atom is 0.408 e. The van der Waals surface area contributed by atoms with E-state index in [2.05, 4.69) is 11.9 Å². The zero-order chi connectivity index (χ0) is 14.1. The third kappa shape index (κ3) is 6.27. The first-order chi connectivity index (χ1) is 9.13. The number of carbonyl (C=O) groups excluding carboxylic acids is 1. The van der Waals surface area contributed by atoms with Crippen molar-refractivity contribution >= 4 is 12.1 Å². The molecule has 1 amide bonds. The summed E-state index contributed by atoms with van der Waals surface area (Å²) in [6.07, 6.45) is 8.09. The number of amides is 1. The maximum atomic E-state index is 11.4. The highest BCUT2D eigenvalue weighted by atomic mass is 16.5. The van der Waals surface area contributed by atoms with Crippen LogP contribution in [-0.2, 0) is 9.53 Å². The van der Waals surface area contributed by atoms with Crippen LogP contribution in [0.25, 0.3) is 0 Å². The van der Waals surface area contributed by atoms with E-state index in [9.17, 15) is 9.59 Å². The molecule has 19 heavy (non-hydrogen) atoms. The van der Waals surface area contributed by atoms with Crippen molar-refractivity contribution in [2.45, 2.75) is 51.0 Å². The number of hydrogen-bond donors (Lipinski definition) is 2. The fourth-order valence-corrected chi connectivity index (χ4v) is 2.47. The van der Waals surface area contributed by atoms with Crippen molar-refractivity contribution in [1.29, 1.82) is 0 Å². The number of rotatable bonds is 6. The molecule has 2 N–H and O–H groups in total. The number of carbonyl (C=O) groups is 2. The summed E-state index contributed by atoms with van der Waals surface area (Å²) in [5.74, 6) is -0.622. The lowest BCUT2D eigenvalue weighted by molar-refractivity contribution is -0.139. The summed E-state index contributed by atoms with van der Waals surface area (Å²) < 4.78 is 4.75. The molecule has 0 bridgehead atoms. The van der Waals surface area contributed by atoms with Crippen molar-refractivity contribution in [1.82, 2.24) is 5.32 Å². The van der Waals surface area contributed by atoms with Crippen molar-refractivity contribution in [3.63, 3.8) is 0 Å². The lowest BCUT2D eigenvalue weighted by atomic mass is 9.92. The molecule has 0 saturated heterocycles. The number of aliphatic carboxylic acids is 1. The Kier molecular flexibility index (Phi) is 7.00. The van der Waals surface area contributed by atoms with Crippen LogP contribution < -0.4 is 5.32 Å². The van der Waals surface area contributed by atoms with Crippen LogP contribution in [0.4, 0.5) is 4.79 Å². The van der Waals surface area contributed by atoms with Crippen LogP contribution in [0.1, 0.15) is 44.9 Å². The van der Waals surface area contributed by atoms with Gasteiger partial charge in [0.25, 0.3) is 0 Å². The van der Waals surface area contributed by atoms with Gasteiger partial charge in [-0.3, -0.25) is 0 Å². The van der Waals surface area contributed by atoms with Gasteiger partial charge in [-0.15, -0.1) is 0 Å². The third-order valence-electron chi connectivity index (χ3n) is 3.47. The lowest BCUT2D eigenvalue weighted by Gasteiger charge is -2.20. The fraction of sp³-hybridized carbons (Fsp3) is 0.714. The average Bonchev–Trinajstić information content (AvgIpc) is 2.64. The van der Waals surface area contributed by atoms with Crippen molar-refractivity contribution in [2.24, 2.45) is 5.92 Å². The predicted molar refractivity (Wildman–Crippen MR) is 71.9 cm³/mol. The molecule has 0 aromatic rings. The fourth-order valence-electron chi connectivity index (χ4n) is 2.47. The normalized spacial score (nSPS) is 18.1. The molecule has 1 aliphatic carbocycles. The zero-order valence-corrected chi connectivity index (χ0v) is 11.3. The smallest absolute Gasteiger partial charge is 0.408 e. The molecule has 0 aliphatic heterocycles. The Bertz CT molecular complexity index is 309. The highest BCUT2D eigenvalue weighted by Crippen LogP contribution is 2.26. The minimum Gasteiger partial charge on any atom is -0.480 e. The Morgan fingerprint density at radius 3 is 2.47 bits per heavy atom. The number of ether oxygens (including phenoxy) is 1. The molecule has 5 heteroatoms. The quantitative estimate of drug-likeness (QED) is 0.574. The standard InChI is InChI=1S/C14H23NO4/c1-2-9-19-14(18)15-12(13(16)17)10-11-7-5-3-4-6-8-11/h2,11-12H,1,3-10H2,(H,15,18)(H,16,17)/t12-/m0/s1. The summed E-state index contributed by atoms with van der Waals surface area (Å²) in [7, 11) is 0.